The first-order valence-electron chi connectivity index (χ1n) is 9.89. The van der Waals surface area contributed by atoms with E-state index < -0.39 is 10.0 Å². The molecule has 0 amide bonds. The smallest absolute Gasteiger partial charge is 0.263 e. The molecule has 0 aliphatic heterocycles. The molecule has 29 heavy (non-hydrogen) atoms. The van der Waals surface area contributed by atoms with E-state index in [2.05, 4.69) is 37.9 Å². The van der Waals surface area contributed by atoms with Crippen LogP contribution in [0.1, 0.15) is 41.5 Å². The maximum absolute atomic E-state index is 13.1. The number of hydrogen-bond donors (Lipinski definition) is 1. The van der Waals surface area contributed by atoms with Gasteiger partial charge in [-0.15, -0.1) is 0 Å². The van der Waals surface area contributed by atoms with Crippen molar-refractivity contribution in [1.82, 2.24) is 5.16 Å². The molecule has 0 saturated heterocycles. The largest absolute Gasteiger partial charge is 0.354 e. The number of anilines is 1. The molecule has 6 rings (SSSR count). The second-order valence-electron chi connectivity index (χ2n) is 8.38. The van der Waals surface area contributed by atoms with Gasteiger partial charge in [0.15, 0.2) is 11.6 Å². The minimum absolute atomic E-state index is 0.0857. The average Bonchev–Trinajstić information content (AvgIpc) is 3.12. The van der Waals surface area contributed by atoms with Crippen LogP contribution in [-0.4, -0.2) is 13.6 Å². The number of aromatic nitrogens is 1. The standard InChI is InChI=1S/C22H19BrN2O3S/c23-15-5-7-19-17(11-15)20-18(12-22(19)8-9-22)21(24-28-20)25-29(26,27)16-6-4-13-2-1-3-14(13)10-16/h4-7,10-11H,1-3,8-9,12H2,(H,24,25). The van der Waals surface area contributed by atoms with E-state index in [1.165, 1.54) is 11.1 Å². The van der Waals surface area contributed by atoms with Crippen LogP contribution in [0.25, 0.3) is 11.3 Å². The van der Waals surface area contributed by atoms with E-state index in [0.717, 1.165) is 59.7 Å². The van der Waals surface area contributed by atoms with Crippen LogP contribution in [0.15, 0.2) is 50.3 Å². The highest BCUT2D eigenvalue weighted by Gasteiger charge is 2.50. The Bertz CT molecular complexity index is 1280. The molecular formula is C22H19BrN2O3S. The fourth-order valence-electron chi connectivity index (χ4n) is 4.86. The molecule has 0 bridgehead atoms. The highest BCUT2D eigenvalue weighted by molar-refractivity contribution is 9.10. The third-order valence-electron chi connectivity index (χ3n) is 6.57. The summed E-state index contributed by atoms with van der Waals surface area (Å²) in [4.78, 5) is 0.287. The van der Waals surface area contributed by atoms with Crippen molar-refractivity contribution in [2.45, 2.75) is 48.8 Å². The van der Waals surface area contributed by atoms with Crippen molar-refractivity contribution in [3.05, 3.63) is 63.1 Å². The van der Waals surface area contributed by atoms with Crippen molar-refractivity contribution >= 4 is 31.8 Å². The number of hydrogen-bond acceptors (Lipinski definition) is 4. The van der Waals surface area contributed by atoms with Crippen LogP contribution in [0.4, 0.5) is 5.82 Å². The molecule has 5 nitrogen and oxygen atoms in total. The van der Waals surface area contributed by atoms with Crippen molar-refractivity contribution in [2.24, 2.45) is 0 Å². The third-order valence-corrected chi connectivity index (χ3v) is 8.40. The first-order valence-corrected chi connectivity index (χ1v) is 12.2. The number of nitrogens with zero attached hydrogens (tertiary/aromatic N) is 1. The zero-order valence-electron chi connectivity index (χ0n) is 15.7. The van der Waals surface area contributed by atoms with Gasteiger partial charge in [0, 0.05) is 21.0 Å². The van der Waals surface area contributed by atoms with Gasteiger partial charge in [-0.25, -0.2) is 8.42 Å². The van der Waals surface area contributed by atoms with E-state index >= 15 is 0 Å². The molecule has 0 radical (unpaired) electrons. The van der Waals surface area contributed by atoms with Gasteiger partial charge in [-0.2, -0.15) is 0 Å². The summed E-state index contributed by atoms with van der Waals surface area (Å²) in [7, 11) is -3.72. The Labute approximate surface area is 177 Å². The molecule has 1 N–H and O–H groups in total. The van der Waals surface area contributed by atoms with Gasteiger partial charge in [-0.05, 0) is 79.5 Å². The van der Waals surface area contributed by atoms with Crippen molar-refractivity contribution in [1.29, 1.82) is 0 Å². The molecule has 1 spiro atoms. The summed E-state index contributed by atoms with van der Waals surface area (Å²) < 4.78 is 35.4. The second-order valence-corrected chi connectivity index (χ2v) is 11.0. The second kappa shape index (κ2) is 5.95. The molecule has 148 valence electrons. The molecule has 0 unspecified atom stereocenters. The summed E-state index contributed by atoms with van der Waals surface area (Å²) >= 11 is 3.54. The lowest BCUT2D eigenvalue weighted by atomic mass is 9.79. The summed E-state index contributed by atoms with van der Waals surface area (Å²) in [5.41, 5.74) is 5.61. The lowest BCUT2D eigenvalue weighted by molar-refractivity contribution is 0.431. The molecule has 1 saturated carbocycles. The van der Waals surface area contributed by atoms with Crippen LogP contribution in [-0.2, 0) is 34.7 Å². The molecule has 2 aromatic carbocycles. The zero-order valence-corrected chi connectivity index (χ0v) is 18.1. The van der Waals surface area contributed by atoms with Gasteiger partial charge >= 0.3 is 0 Å². The van der Waals surface area contributed by atoms with Crippen molar-refractivity contribution in [2.75, 3.05) is 4.72 Å². The molecule has 1 heterocycles. The molecule has 1 fully saturated rings. The zero-order chi connectivity index (χ0) is 19.8. The first-order chi connectivity index (χ1) is 14.0. The quantitative estimate of drug-likeness (QED) is 0.585. The fourth-order valence-corrected chi connectivity index (χ4v) is 6.30. The summed E-state index contributed by atoms with van der Waals surface area (Å²) in [6.45, 7) is 0. The lowest BCUT2D eigenvalue weighted by Gasteiger charge is -2.24. The number of sulfonamides is 1. The number of aryl methyl sites for hydroxylation is 2. The van der Waals surface area contributed by atoms with Gasteiger partial charge in [0.2, 0.25) is 0 Å². The van der Waals surface area contributed by atoms with Gasteiger partial charge in [0.25, 0.3) is 10.0 Å². The summed E-state index contributed by atoms with van der Waals surface area (Å²) in [6, 6.07) is 11.7. The van der Waals surface area contributed by atoms with Gasteiger partial charge in [0.1, 0.15) is 0 Å². The molecule has 3 aliphatic carbocycles. The number of fused-ring (bicyclic) bond motifs is 5. The van der Waals surface area contributed by atoms with Crippen molar-refractivity contribution < 1.29 is 12.9 Å². The van der Waals surface area contributed by atoms with Gasteiger partial charge in [-0.1, -0.05) is 33.2 Å². The molecule has 7 heteroatoms. The lowest BCUT2D eigenvalue weighted by Crippen LogP contribution is -2.20. The van der Waals surface area contributed by atoms with E-state index in [1.807, 2.05) is 12.1 Å². The minimum atomic E-state index is -3.72. The molecule has 3 aliphatic rings. The molecule has 0 atom stereocenters. The summed E-state index contributed by atoms with van der Waals surface area (Å²) in [6.07, 6.45) is 6.00. The fraction of sp³-hybridized carbons (Fsp3) is 0.318. The Morgan fingerprint density at radius 1 is 1.07 bits per heavy atom. The molecule has 1 aromatic heterocycles. The van der Waals surface area contributed by atoms with E-state index in [9.17, 15) is 8.42 Å². The van der Waals surface area contributed by atoms with Crippen molar-refractivity contribution in [3.8, 4) is 11.3 Å². The van der Waals surface area contributed by atoms with Gasteiger partial charge < -0.3 is 4.52 Å². The van der Waals surface area contributed by atoms with Crippen LogP contribution in [0, 0.1) is 0 Å². The van der Waals surface area contributed by atoms with E-state index in [0.29, 0.717) is 11.6 Å². The van der Waals surface area contributed by atoms with Gasteiger partial charge in [-0.3, -0.25) is 4.72 Å². The number of benzene rings is 2. The van der Waals surface area contributed by atoms with E-state index in [4.69, 9.17) is 4.52 Å². The Hall–Kier alpha value is -2.12. The highest BCUT2D eigenvalue weighted by atomic mass is 79.9. The SMILES string of the molecule is O=S(=O)(Nc1noc2c1CC1(CC1)c1ccc(Br)cc1-2)c1ccc2c(c1)CCC2. The molecular weight excluding hydrogens is 452 g/mol. The number of halogens is 1. The van der Waals surface area contributed by atoms with Crippen LogP contribution < -0.4 is 4.72 Å². The Morgan fingerprint density at radius 2 is 1.90 bits per heavy atom. The maximum Gasteiger partial charge on any atom is 0.263 e. The average molecular weight is 471 g/mol. The Balaban J connectivity index is 1.40. The number of nitrogens with one attached hydrogen (secondary N) is 1. The van der Waals surface area contributed by atoms with Crippen molar-refractivity contribution in [3.63, 3.8) is 0 Å². The third kappa shape index (κ3) is 2.70. The maximum atomic E-state index is 13.1. The normalized spacial score (nSPS) is 18.2. The highest BCUT2D eigenvalue weighted by Crippen LogP contribution is 2.58. The van der Waals surface area contributed by atoms with E-state index in [1.54, 1.807) is 12.1 Å². The van der Waals surface area contributed by atoms with Crippen LogP contribution in [0.2, 0.25) is 0 Å². The Kier molecular flexibility index (Phi) is 3.64. The van der Waals surface area contributed by atoms with Gasteiger partial charge in [0.05, 0.1) is 4.90 Å². The predicted octanol–water partition coefficient (Wildman–Crippen LogP) is 4.98. The van der Waals surface area contributed by atoms with Crippen LogP contribution in [0.5, 0.6) is 0 Å². The van der Waals surface area contributed by atoms with E-state index in [-0.39, 0.29) is 10.3 Å². The Morgan fingerprint density at radius 3 is 2.72 bits per heavy atom. The molecule has 3 aromatic rings. The topological polar surface area (TPSA) is 72.2 Å². The summed E-state index contributed by atoms with van der Waals surface area (Å²) in [5.74, 6) is 0.989. The van der Waals surface area contributed by atoms with Crippen LogP contribution >= 0.6 is 15.9 Å². The first kappa shape index (κ1) is 17.7. The predicted molar refractivity (Wildman–Crippen MR) is 114 cm³/mol. The van der Waals surface area contributed by atoms with Crippen LogP contribution in [0.3, 0.4) is 0 Å². The minimum Gasteiger partial charge on any atom is -0.354 e. The number of rotatable bonds is 3. The summed E-state index contributed by atoms with van der Waals surface area (Å²) in [5, 5.41) is 4.12. The monoisotopic (exact) mass is 470 g/mol.